The smallest absolute Gasteiger partial charge is 0.148 e. The van der Waals surface area contributed by atoms with Crippen LogP contribution in [0.25, 0.3) is 0 Å². The quantitative estimate of drug-likeness (QED) is 0.914. The lowest BCUT2D eigenvalue weighted by Crippen LogP contribution is -2.55. The second kappa shape index (κ2) is 4.78. The van der Waals surface area contributed by atoms with Gasteiger partial charge in [-0.15, -0.1) is 0 Å². The Morgan fingerprint density at radius 1 is 1.28 bits per heavy atom. The third-order valence-electron chi connectivity index (χ3n) is 2.86. The lowest BCUT2D eigenvalue weighted by Gasteiger charge is -2.40. The molecule has 3 rings (SSSR count). The summed E-state index contributed by atoms with van der Waals surface area (Å²) in [7, 11) is 0. The van der Waals surface area contributed by atoms with Crippen molar-refractivity contribution in [3.05, 3.63) is 41.9 Å². The van der Waals surface area contributed by atoms with E-state index in [1.807, 2.05) is 18.2 Å². The van der Waals surface area contributed by atoms with Crippen LogP contribution in [0.3, 0.4) is 0 Å². The highest BCUT2D eigenvalue weighted by Crippen LogP contribution is 2.23. The van der Waals surface area contributed by atoms with Gasteiger partial charge in [-0.1, -0.05) is 17.7 Å². The van der Waals surface area contributed by atoms with E-state index in [4.69, 9.17) is 11.6 Å². The fourth-order valence-corrected chi connectivity index (χ4v) is 2.07. The number of pyridine rings is 1. The molecule has 0 atom stereocenters. The van der Waals surface area contributed by atoms with Crippen molar-refractivity contribution < 1.29 is 0 Å². The van der Waals surface area contributed by atoms with E-state index in [-0.39, 0.29) is 0 Å². The third kappa shape index (κ3) is 2.22. The first-order valence-corrected chi connectivity index (χ1v) is 6.09. The first-order chi connectivity index (χ1) is 8.83. The summed E-state index contributed by atoms with van der Waals surface area (Å²) in [6, 6.07) is 6.26. The summed E-state index contributed by atoms with van der Waals surface area (Å²) in [6.07, 6.45) is 4.88. The summed E-state index contributed by atoms with van der Waals surface area (Å²) in [5.41, 5.74) is 0. The Hall–Kier alpha value is -1.88. The molecule has 6 heteroatoms. The molecule has 1 fully saturated rings. The first kappa shape index (κ1) is 11.2. The molecular weight excluding hydrogens is 250 g/mol. The van der Waals surface area contributed by atoms with E-state index in [0.29, 0.717) is 16.9 Å². The van der Waals surface area contributed by atoms with Crippen LogP contribution in [-0.4, -0.2) is 34.1 Å². The van der Waals surface area contributed by atoms with Gasteiger partial charge in [-0.3, -0.25) is 0 Å². The SMILES string of the molecule is Clc1cncnc1NC1CN(c2ccccn2)C1. The first-order valence-electron chi connectivity index (χ1n) is 5.71. The van der Waals surface area contributed by atoms with Gasteiger partial charge in [0.2, 0.25) is 0 Å². The molecule has 2 aromatic heterocycles. The summed E-state index contributed by atoms with van der Waals surface area (Å²) in [5, 5.41) is 3.84. The van der Waals surface area contributed by atoms with Crippen molar-refractivity contribution in [2.24, 2.45) is 0 Å². The summed E-state index contributed by atoms with van der Waals surface area (Å²) >= 11 is 5.99. The molecule has 2 aromatic rings. The van der Waals surface area contributed by atoms with E-state index in [2.05, 4.69) is 25.2 Å². The van der Waals surface area contributed by atoms with Crippen molar-refractivity contribution in [1.29, 1.82) is 0 Å². The number of nitrogens with one attached hydrogen (secondary N) is 1. The molecule has 1 N–H and O–H groups in total. The van der Waals surface area contributed by atoms with E-state index in [9.17, 15) is 0 Å². The molecule has 0 unspecified atom stereocenters. The average Bonchev–Trinajstić information content (AvgIpc) is 2.36. The highest BCUT2D eigenvalue weighted by atomic mass is 35.5. The van der Waals surface area contributed by atoms with Crippen LogP contribution in [0, 0.1) is 0 Å². The number of hydrogen-bond donors (Lipinski definition) is 1. The maximum atomic E-state index is 5.99. The molecular formula is C12H12ClN5. The minimum Gasteiger partial charge on any atom is -0.362 e. The Morgan fingerprint density at radius 3 is 2.89 bits per heavy atom. The van der Waals surface area contributed by atoms with Gasteiger partial charge in [-0.2, -0.15) is 0 Å². The Bertz CT molecular complexity index is 527. The van der Waals surface area contributed by atoms with Gasteiger partial charge in [0.1, 0.15) is 23.0 Å². The minimum absolute atomic E-state index is 0.347. The lowest BCUT2D eigenvalue weighted by molar-refractivity contribution is 0.543. The van der Waals surface area contributed by atoms with E-state index in [0.717, 1.165) is 18.9 Å². The summed E-state index contributed by atoms with van der Waals surface area (Å²) in [4.78, 5) is 14.5. The Balaban J connectivity index is 1.59. The predicted molar refractivity (Wildman–Crippen MR) is 70.9 cm³/mol. The van der Waals surface area contributed by atoms with Gasteiger partial charge in [0.15, 0.2) is 0 Å². The molecule has 0 aliphatic carbocycles. The lowest BCUT2D eigenvalue weighted by atomic mass is 10.1. The predicted octanol–water partition coefficient (Wildman–Crippen LogP) is 1.83. The van der Waals surface area contributed by atoms with Gasteiger partial charge >= 0.3 is 0 Å². The van der Waals surface area contributed by atoms with Crippen LogP contribution in [0.2, 0.25) is 5.02 Å². The molecule has 1 aliphatic heterocycles. The minimum atomic E-state index is 0.347. The third-order valence-corrected chi connectivity index (χ3v) is 3.14. The van der Waals surface area contributed by atoms with Crippen LogP contribution in [0.5, 0.6) is 0 Å². The maximum absolute atomic E-state index is 5.99. The van der Waals surface area contributed by atoms with E-state index < -0.39 is 0 Å². The Labute approximate surface area is 110 Å². The van der Waals surface area contributed by atoms with Gasteiger partial charge in [0, 0.05) is 19.3 Å². The molecule has 0 spiro atoms. The van der Waals surface area contributed by atoms with Crippen molar-refractivity contribution in [3.63, 3.8) is 0 Å². The Morgan fingerprint density at radius 2 is 2.17 bits per heavy atom. The molecule has 0 aromatic carbocycles. The largest absolute Gasteiger partial charge is 0.362 e. The van der Waals surface area contributed by atoms with Gasteiger partial charge in [0.25, 0.3) is 0 Å². The second-order valence-corrected chi connectivity index (χ2v) is 4.56. The Kier molecular flexibility index (Phi) is 2.98. The topological polar surface area (TPSA) is 53.9 Å². The maximum Gasteiger partial charge on any atom is 0.148 e. The van der Waals surface area contributed by atoms with E-state index in [1.165, 1.54) is 6.33 Å². The second-order valence-electron chi connectivity index (χ2n) is 4.15. The zero-order valence-electron chi connectivity index (χ0n) is 9.62. The number of rotatable bonds is 3. The molecule has 0 saturated carbocycles. The number of halogens is 1. The normalized spacial score (nSPS) is 15.3. The molecule has 18 heavy (non-hydrogen) atoms. The van der Waals surface area contributed by atoms with Crippen LogP contribution in [0.15, 0.2) is 36.9 Å². The van der Waals surface area contributed by atoms with Crippen molar-refractivity contribution in [3.8, 4) is 0 Å². The van der Waals surface area contributed by atoms with Crippen molar-refractivity contribution >= 4 is 23.2 Å². The highest BCUT2D eigenvalue weighted by molar-refractivity contribution is 6.32. The molecule has 0 amide bonds. The number of hydrogen-bond acceptors (Lipinski definition) is 5. The number of aromatic nitrogens is 3. The molecule has 92 valence electrons. The molecule has 3 heterocycles. The van der Waals surface area contributed by atoms with Gasteiger partial charge < -0.3 is 10.2 Å². The molecule has 1 saturated heterocycles. The summed E-state index contributed by atoms with van der Waals surface area (Å²) in [6.45, 7) is 1.80. The van der Waals surface area contributed by atoms with Gasteiger partial charge in [-0.25, -0.2) is 15.0 Å². The molecule has 1 aliphatic rings. The van der Waals surface area contributed by atoms with Crippen LogP contribution >= 0.6 is 11.6 Å². The number of nitrogens with zero attached hydrogens (tertiary/aromatic N) is 4. The van der Waals surface area contributed by atoms with Gasteiger partial charge in [-0.05, 0) is 12.1 Å². The monoisotopic (exact) mass is 261 g/mol. The summed E-state index contributed by atoms with van der Waals surface area (Å²) in [5.74, 6) is 1.70. The fourth-order valence-electron chi connectivity index (χ4n) is 1.91. The standard InChI is InChI=1S/C12H12ClN5/c13-10-5-14-8-16-12(10)17-9-6-18(7-9)11-3-1-2-4-15-11/h1-5,8-9H,6-7H2,(H,14,16,17). The van der Waals surface area contributed by atoms with Crippen LogP contribution in [-0.2, 0) is 0 Å². The van der Waals surface area contributed by atoms with Crippen LogP contribution in [0.1, 0.15) is 0 Å². The zero-order valence-corrected chi connectivity index (χ0v) is 10.4. The zero-order chi connectivity index (χ0) is 12.4. The van der Waals surface area contributed by atoms with Crippen molar-refractivity contribution in [2.45, 2.75) is 6.04 Å². The van der Waals surface area contributed by atoms with Crippen molar-refractivity contribution in [2.75, 3.05) is 23.3 Å². The highest BCUT2D eigenvalue weighted by Gasteiger charge is 2.28. The van der Waals surface area contributed by atoms with Crippen LogP contribution in [0.4, 0.5) is 11.6 Å². The molecule has 5 nitrogen and oxygen atoms in total. The molecule has 0 radical (unpaired) electrons. The van der Waals surface area contributed by atoms with E-state index >= 15 is 0 Å². The number of anilines is 2. The average molecular weight is 262 g/mol. The summed E-state index contributed by atoms with van der Waals surface area (Å²) < 4.78 is 0. The van der Waals surface area contributed by atoms with Crippen LogP contribution < -0.4 is 10.2 Å². The fraction of sp³-hybridized carbons (Fsp3) is 0.250. The van der Waals surface area contributed by atoms with Crippen molar-refractivity contribution in [1.82, 2.24) is 15.0 Å². The van der Waals surface area contributed by atoms with Gasteiger partial charge in [0.05, 0.1) is 12.2 Å². The van der Waals surface area contributed by atoms with E-state index in [1.54, 1.807) is 12.4 Å². The molecule has 0 bridgehead atoms.